The van der Waals surface area contributed by atoms with E-state index < -0.39 is 0 Å². The standard InChI is InChI=1S/C19H24FN3OS/c1-22-11-9-21-19(22)16-3-2-10-23(13-16)18(24)8-12-25-14-15-4-6-17(20)7-5-15/h4-7,9,11,16H,2-3,8,10,12-14H2,1H3/t16-/m1/s1. The van der Waals surface area contributed by atoms with Crippen molar-refractivity contribution in [2.24, 2.45) is 7.05 Å². The van der Waals surface area contributed by atoms with Crippen molar-refractivity contribution < 1.29 is 9.18 Å². The van der Waals surface area contributed by atoms with E-state index in [0.717, 1.165) is 48.8 Å². The summed E-state index contributed by atoms with van der Waals surface area (Å²) in [6.45, 7) is 1.62. The van der Waals surface area contributed by atoms with Gasteiger partial charge in [0.15, 0.2) is 0 Å². The zero-order chi connectivity index (χ0) is 17.6. The Hall–Kier alpha value is -1.82. The summed E-state index contributed by atoms with van der Waals surface area (Å²) in [7, 11) is 2.01. The second-order valence-corrected chi connectivity index (χ2v) is 7.61. The first-order chi connectivity index (χ1) is 12.1. The van der Waals surface area contributed by atoms with Gasteiger partial charge in [-0.05, 0) is 30.5 Å². The SMILES string of the molecule is Cn1ccnc1[C@@H]1CCCN(C(=O)CCSCc2ccc(F)cc2)C1. The lowest BCUT2D eigenvalue weighted by Gasteiger charge is -2.32. The maximum atomic E-state index is 12.9. The predicted octanol–water partition coefficient (Wildman–Crippen LogP) is 3.59. The van der Waals surface area contributed by atoms with Gasteiger partial charge in [0, 0.05) is 56.4 Å². The average Bonchev–Trinajstić information content (AvgIpc) is 3.06. The van der Waals surface area contributed by atoms with E-state index >= 15 is 0 Å². The fourth-order valence-corrected chi connectivity index (χ4v) is 4.16. The molecule has 0 saturated carbocycles. The Labute approximate surface area is 152 Å². The molecule has 0 aliphatic carbocycles. The highest BCUT2D eigenvalue weighted by Gasteiger charge is 2.26. The van der Waals surface area contributed by atoms with Crippen LogP contribution in [0.3, 0.4) is 0 Å². The predicted molar refractivity (Wildman–Crippen MR) is 98.9 cm³/mol. The zero-order valence-electron chi connectivity index (χ0n) is 14.5. The summed E-state index contributed by atoms with van der Waals surface area (Å²) < 4.78 is 14.9. The molecule has 0 N–H and O–H groups in total. The fourth-order valence-electron chi connectivity index (χ4n) is 3.27. The summed E-state index contributed by atoms with van der Waals surface area (Å²) in [6.07, 6.45) is 6.46. The van der Waals surface area contributed by atoms with E-state index in [2.05, 4.69) is 9.55 Å². The van der Waals surface area contributed by atoms with Gasteiger partial charge in [-0.25, -0.2) is 9.37 Å². The highest BCUT2D eigenvalue weighted by Crippen LogP contribution is 2.26. The smallest absolute Gasteiger partial charge is 0.223 e. The largest absolute Gasteiger partial charge is 0.342 e. The van der Waals surface area contributed by atoms with Crippen molar-refractivity contribution >= 4 is 17.7 Å². The van der Waals surface area contributed by atoms with Crippen LogP contribution < -0.4 is 0 Å². The van der Waals surface area contributed by atoms with Crippen molar-refractivity contribution in [3.63, 3.8) is 0 Å². The maximum Gasteiger partial charge on any atom is 0.223 e. The molecule has 0 spiro atoms. The first-order valence-electron chi connectivity index (χ1n) is 8.70. The number of carbonyl (C=O) groups is 1. The van der Waals surface area contributed by atoms with Gasteiger partial charge in [0.2, 0.25) is 5.91 Å². The first kappa shape index (κ1) is 18.0. The Morgan fingerprint density at radius 1 is 1.36 bits per heavy atom. The van der Waals surface area contributed by atoms with Gasteiger partial charge in [0.1, 0.15) is 11.6 Å². The molecular formula is C19H24FN3OS. The molecule has 3 rings (SSSR count). The molecule has 1 atom stereocenters. The van der Waals surface area contributed by atoms with E-state index in [4.69, 9.17) is 0 Å². The molecule has 0 unspecified atom stereocenters. The molecule has 2 heterocycles. The van der Waals surface area contributed by atoms with E-state index in [1.54, 1.807) is 23.9 Å². The molecule has 4 nitrogen and oxygen atoms in total. The quantitative estimate of drug-likeness (QED) is 0.738. The second kappa shape index (κ2) is 8.52. The summed E-state index contributed by atoms with van der Waals surface area (Å²) in [5, 5.41) is 0. The summed E-state index contributed by atoms with van der Waals surface area (Å²) in [4.78, 5) is 18.9. The summed E-state index contributed by atoms with van der Waals surface area (Å²) >= 11 is 1.72. The van der Waals surface area contributed by atoms with Crippen molar-refractivity contribution in [3.8, 4) is 0 Å². The Kier molecular flexibility index (Phi) is 6.13. The lowest BCUT2D eigenvalue weighted by Crippen LogP contribution is -2.39. The molecule has 1 fully saturated rings. The molecule has 1 amide bonds. The van der Waals surface area contributed by atoms with Crippen LogP contribution in [0, 0.1) is 5.82 Å². The van der Waals surface area contributed by atoms with Crippen LogP contribution in [-0.4, -0.2) is 39.2 Å². The van der Waals surface area contributed by atoms with E-state index in [1.807, 2.05) is 24.3 Å². The number of halogens is 1. The Balaban J connectivity index is 1.43. The van der Waals surface area contributed by atoms with Crippen LogP contribution in [-0.2, 0) is 17.6 Å². The van der Waals surface area contributed by atoms with Crippen molar-refractivity contribution in [1.82, 2.24) is 14.5 Å². The number of amides is 1. The summed E-state index contributed by atoms with van der Waals surface area (Å²) in [5.41, 5.74) is 1.09. The van der Waals surface area contributed by atoms with E-state index in [0.29, 0.717) is 12.3 Å². The Bertz CT molecular complexity index is 701. The number of hydrogen-bond acceptors (Lipinski definition) is 3. The van der Waals surface area contributed by atoms with Gasteiger partial charge in [0.25, 0.3) is 0 Å². The summed E-state index contributed by atoms with van der Waals surface area (Å²) in [5.74, 6) is 3.03. The number of aryl methyl sites for hydroxylation is 1. The van der Waals surface area contributed by atoms with Crippen molar-refractivity contribution in [3.05, 3.63) is 53.9 Å². The Morgan fingerprint density at radius 2 is 2.16 bits per heavy atom. The average molecular weight is 361 g/mol. The molecule has 1 saturated heterocycles. The van der Waals surface area contributed by atoms with Crippen molar-refractivity contribution in [2.45, 2.75) is 30.9 Å². The van der Waals surface area contributed by atoms with Gasteiger partial charge in [-0.1, -0.05) is 12.1 Å². The van der Waals surface area contributed by atoms with Crippen LogP contribution in [0.15, 0.2) is 36.7 Å². The number of imidazole rings is 1. The van der Waals surface area contributed by atoms with Gasteiger partial charge in [0.05, 0.1) is 0 Å². The number of hydrogen-bond donors (Lipinski definition) is 0. The molecular weight excluding hydrogens is 337 g/mol. The van der Waals surface area contributed by atoms with Crippen molar-refractivity contribution in [2.75, 3.05) is 18.8 Å². The Morgan fingerprint density at radius 3 is 2.88 bits per heavy atom. The van der Waals surface area contributed by atoms with Gasteiger partial charge < -0.3 is 9.47 Å². The molecule has 0 bridgehead atoms. The minimum atomic E-state index is -0.212. The number of thioether (sulfide) groups is 1. The third kappa shape index (κ3) is 4.84. The topological polar surface area (TPSA) is 38.1 Å². The minimum absolute atomic E-state index is 0.212. The van der Waals surface area contributed by atoms with Gasteiger partial charge in [-0.3, -0.25) is 4.79 Å². The summed E-state index contributed by atoms with van der Waals surface area (Å²) in [6, 6.07) is 6.55. The molecule has 134 valence electrons. The van der Waals surface area contributed by atoms with Crippen LogP contribution in [0.4, 0.5) is 4.39 Å². The van der Waals surface area contributed by atoms with E-state index in [1.165, 1.54) is 12.1 Å². The number of nitrogens with zero attached hydrogens (tertiary/aromatic N) is 3. The highest BCUT2D eigenvalue weighted by molar-refractivity contribution is 7.98. The van der Waals surface area contributed by atoms with E-state index in [-0.39, 0.29) is 11.7 Å². The number of benzene rings is 1. The van der Waals surface area contributed by atoms with Crippen LogP contribution in [0.1, 0.15) is 36.6 Å². The normalized spacial score (nSPS) is 17.7. The van der Waals surface area contributed by atoms with Crippen LogP contribution in [0.5, 0.6) is 0 Å². The lowest BCUT2D eigenvalue weighted by atomic mass is 9.97. The zero-order valence-corrected chi connectivity index (χ0v) is 15.3. The monoisotopic (exact) mass is 361 g/mol. The lowest BCUT2D eigenvalue weighted by molar-refractivity contribution is -0.132. The third-order valence-electron chi connectivity index (χ3n) is 4.64. The molecule has 1 aliphatic rings. The molecule has 25 heavy (non-hydrogen) atoms. The van der Waals surface area contributed by atoms with Gasteiger partial charge in [-0.2, -0.15) is 11.8 Å². The number of aromatic nitrogens is 2. The number of piperidine rings is 1. The maximum absolute atomic E-state index is 12.9. The molecule has 6 heteroatoms. The molecule has 1 aromatic carbocycles. The van der Waals surface area contributed by atoms with Crippen LogP contribution >= 0.6 is 11.8 Å². The molecule has 1 aromatic heterocycles. The molecule has 2 aromatic rings. The highest BCUT2D eigenvalue weighted by atomic mass is 32.2. The minimum Gasteiger partial charge on any atom is -0.342 e. The van der Waals surface area contributed by atoms with Gasteiger partial charge >= 0.3 is 0 Å². The number of rotatable bonds is 6. The molecule has 0 radical (unpaired) electrons. The second-order valence-electron chi connectivity index (χ2n) is 6.50. The fraction of sp³-hybridized carbons (Fsp3) is 0.474. The number of carbonyl (C=O) groups excluding carboxylic acids is 1. The van der Waals surface area contributed by atoms with Crippen molar-refractivity contribution in [1.29, 1.82) is 0 Å². The van der Waals surface area contributed by atoms with Crippen LogP contribution in [0.25, 0.3) is 0 Å². The van der Waals surface area contributed by atoms with E-state index in [9.17, 15) is 9.18 Å². The third-order valence-corrected chi connectivity index (χ3v) is 5.67. The van der Waals surface area contributed by atoms with Crippen LogP contribution in [0.2, 0.25) is 0 Å². The van der Waals surface area contributed by atoms with Gasteiger partial charge in [-0.15, -0.1) is 0 Å². The molecule has 1 aliphatic heterocycles. The number of likely N-dealkylation sites (tertiary alicyclic amines) is 1. The first-order valence-corrected chi connectivity index (χ1v) is 9.86.